The Morgan fingerprint density at radius 1 is 1.00 bits per heavy atom. The molecule has 1 heterocycles. The molecule has 1 amide bonds. The molecular formula is C24H22N2O2S. The Hall–Kier alpha value is -3.18. The number of anilines is 2. The maximum Gasteiger partial charge on any atom is 0.237 e. The second-order valence-electron chi connectivity index (χ2n) is 6.96. The van der Waals surface area contributed by atoms with Crippen molar-refractivity contribution in [3.8, 4) is 5.75 Å². The van der Waals surface area contributed by atoms with Crippen LogP contribution in [0.5, 0.6) is 5.75 Å². The number of carbonyl (C=O) groups excluding carboxylic acids is 1. The predicted octanol–water partition coefficient (Wildman–Crippen LogP) is 5.83. The third-order valence-electron chi connectivity index (χ3n) is 4.88. The number of nitrogens with zero attached hydrogens (tertiary/aromatic N) is 2. The van der Waals surface area contributed by atoms with E-state index in [2.05, 4.69) is 0 Å². The van der Waals surface area contributed by atoms with Crippen molar-refractivity contribution in [1.29, 1.82) is 0 Å². The van der Waals surface area contributed by atoms with E-state index in [1.165, 1.54) is 11.3 Å². The average Bonchev–Trinajstić information content (AvgIpc) is 3.14. The van der Waals surface area contributed by atoms with E-state index < -0.39 is 0 Å². The van der Waals surface area contributed by atoms with Crippen molar-refractivity contribution < 1.29 is 9.53 Å². The van der Waals surface area contributed by atoms with Gasteiger partial charge in [0.25, 0.3) is 0 Å². The normalized spacial score (nSPS) is 10.9. The largest absolute Gasteiger partial charge is 0.497 e. The minimum Gasteiger partial charge on any atom is -0.497 e. The molecule has 4 rings (SSSR count). The molecule has 0 fully saturated rings. The van der Waals surface area contributed by atoms with Crippen LogP contribution in [0.3, 0.4) is 0 Å². The number of hydrogen-bond acceptors (Lipinski definition) is 4. The highest BCUT2D eigenvalue weighted by Gasteiger charge is 2.25. The molecule has 0 saturated heterocycles. The Balaban J connectivity index is 1.80. The van der Waals surface area contributed by atoms with E-state index in [-0.39, 0.29) is 12.3 Å². The zero-order valence-corrected chi connectivity index (χ0v) is 17.5. The molecule has 29 heavy (non-hydrogen) atoms. The molecule has 0 saturated carbocycles. The molecule has 4 nitrogen and oxygen atoms in total. The van der Waals surface area contributed by atoms with Gasteiger partial charge in [-0.25, -0.2) is 4.98 Å². The minimum absolute atomic E-state index is 0.0188. The number of thiazole rings is 1. The molecule has 0 radical (unpaired) electrons. The lowest BCUT2D eigenvalue weighted by Crippen LogP contribution is -2.28. The van der Waals surface area contributed by atoms with E-state index in [4.69, 9.17) is 9.72 Å². The quantitative estimate of drug-likeness (QED) is 0.422. The van der Waals surface area contributed by atoms with Gasteiger partial charge in [-0.05, 0) is 54.8 Å². The van der Waals surface area contributed by atoms with Crippen molar-refractivity contribution in [2.75, 3.05) is 12.0 Å². The summed E-state index contributed by atoms with van der Waals surface area (Å²) in [4.78, 5) is 20.1. The van der Waals surface area contributed by atoms with Crippen molar-refractivity contribution in [1.82, 2.24) is 4.98 Å². The lowest BCUT2D eigenvalue weighted by atomic mass is 10.1. The topological polar surface area (TPSA) is 42.4 Å². The Morgan fingerprint density at radius 2 is 1.72 bits per heavy atom. The summed E-state index contributed by atoms with van der Waals surface area (Å²) in [6, 6.07) is 21.7. The van der Waals surface area contributed by atoms with Gasteiger partial charge in [-0.15, -0.1) is 0 Å². The third kappa shape index (κ3) is 3.87. The smallest absolute Gasteiger partial charge is 0.237 e. The van der Waals surface area contributed by atoms with Crippen LogP contribution in [0.15, 0.2) is 66.7 Å². The highest BCUT2D eigenvalue weighted by Crippen LogP contribution is 2.37. The van der Waals surface area contributed by atoms with Crippen LogP contribution in [0.4, 0.5) is 10.8 Å². The van der Waals surface area contributed by atoms with Gasteiger partial charge < -0.3 is 4.74 Å². The summed E-state index contributed by atoms with van der Waals surface area (Å²) in [6.45, 7) is 4.06. The molecule has 0 unspecified atom stereocenters. The molecule has 4 aromatic rings. The van der Waals surface area contributed by atoms with Crippen LogP contribution < -0.4 is 9.64 Å². The summed E-state index contributed by atoms with van der Waals surface area (Å²) < 4.78 is 6.37. The second kappa shape index (κ2) is 8.05. The Kier molecular flexibility index (Phi) is 5.32. The van der Waals surface area contributed by atoms with E-state index in [0.29, 0.717) is 5.13 Å². The standard InChI is InChI=1S/C24H22N2O2S/c1-16-8-6-9-17(2)23(16)26(24-25-20-12-4-5-13-21(20)29-24)22(27)15-18-10-7-11-19(14-18)28-3/h4-14H,15H2,1-3H3. The minimum atomic E-state index is -0.0188. The first-order valence-electron chi connectivity index (χ1n) is 9.44. The van der Waals surface area contributed by atoms with Gasteiger partial charge in [0.05, 0.1) is 29.4 Å². The number of fused-ring (bicyclic) bond motifs is 1. The fourth-order valence-electron chi connectivity index (χ4n) is 3.48. The summed E-state index contributed by atoms with van der Waals surface area (Å²) in [5.41, 5.74) is 4.80. The van der Waals surface area contributed by atoms with Crippen molar-refractivity contribution >= 4 is 38.3 Å². The van der Waals surface area contributed by atoms with Gasteiger partial charge in [0.1, 0.15) is 5.75 Å². The molecule has 0 atom stereocenters. The van der Waals surface area contributed by atoms with Gasteiger partial charge in [0.15, 0.2) is 5.13 Å². The number of para-hydroxylation sites is 2. The highest BCUT2D eigenvalue weighted by molar-refractivity contribution is 7.22. The first-order chi connectivity index (χ1) is 14.1. The van der Waals surface area contributed by atoms with Crippen LogP contribution in [-0.2, 0) is 11.2 Å². The number of ether oxygens (including phenoxy) is 1. The van der Waals surface area contributed by atoms with Gasteiger partial charge in [0, 0.05) is 0 Å². The molecular weight excluding hydrogens is 380 g/mol. The molecule has 0 aliphatic carbocycles. The molecule has 146 valence electrons. The Labute approximate surface area is 174 Å². The summed E-state index contributed by atoms with van der Waals surface area (Å²) in [6.07, 6.45) is 0.265. The van der Waals surface area contributed by atoms with E-state index >= 15 is 0 Å². The number of aromatic nitrogens is 1. The third-order valence-corrected chi connectivity index (χ3v) is 5.90. The van der Waals surface area contributed by atoms with Gasteiger partial charge in [0.2, 0.25) is 5.91 Å². The number of aryl methyl sites for hydroxylation is 2. The molecule has 3 aromatic carbocycles. The van der Waals surface area contributed by atoms with Crippen LogP contribution in [0.1, 0.15) is 16.7 Å². The van der Waals surface area contributed by atoms with Crippen LogP contribution in [0.2, 0.25) is 0 Å². The maximum atomic E-state index is 13.5. The SMILES string of the molecule is COc1cccc(CC(=O)N(c2nc3ccccc3s2)c2c(C)cccc2C)c1. The number of methoxy groups -OCH3 is 1. The van der Waals surface area contributed by atoms with Crippen LogP contribution in [0.25, 0.3) is 10.2 Å². The number of benzene rings is 3. The second-order valence-corrected chi connectivity index (χ2v) is 7.97. The number of amides is 1. The van der Waals surface area contributed by atoms with Gasteiger partial charge >= 0.3 is 0 Å². The number of hydrogen-bond donors (Lipinski definition) is 0. The van der Waals surface area contributed by atoms with Crippen molar-refractivity contribution in [2.24, 2.45) is 0 Å². The van der Waals surface area contributed by atoms with Crippen LogP contribution in [-0.4, -0.2) is 18.0 Å². The molecule has 0 aliphatic rings. The fourth-order valence-corrected chi connectivity index (χ4v) is 4.47. The zero-order valence-electron chi connectivity index (χ0n) is 16.7. The zero-order chi connectivity index (χ0) is 20.4. The average molecular weight is 403 g/mol. The lowest BCUT2D eigenvalue weighted by molar-refractivity contribution is -0.117. The van der Waals surface area contributed by atoms with Crippen LogP contribution >= 0.6 is 11.3 Å². The molecule has 0 N–H and O–H groups in total. The van der Waals surface area contributed by atoms with Crippen molar-refractivity contribution in [3.63, 3.8) is 0 Å². The first-order valence-corrected chi connectivity index (χ1v) is 10.3. The van der Waals surface area contributed by atoms with Crippen molar-refractivity contribution in [2.45, 2.75) is 20.3 Å². The summed E-state index contributed by atoms with van der Waals surface area (Å²) in [5, 5.41) is 0.691. The fraction of sp³-hybridized carbons (Fsp3) is 0.167. The Morgan fingerprint density at radius 3 is 2.45 bits per heavy atom. The predicted molar refractivity (Wildman–Crippen MR) is 119 cm³/mol. The summed E-state index contributed by atoms with van der Waals surface area (Å²) in [5.74, 6) is 0.726. The lowest BCUT2D eigenvalue weighted by Gasteiger charge is -2.24. The molecule has 0 aliphatic heterocycles. The highest BCUT2D eigenvalue weighted by atomic mass is 32.1. The van der Waals surface area contributed by atoms with E-state index in [0.717, 1.165) is 38.3 Å². The molecule has 1 aromatic heterocycles. The first kappa shape index (κ1) is 19.2. The summed E-state index contributed by atoms with van der Waals surface area (Å²) >= 11 is 1.53. The number of rotatable bonds is 5. The molecule has 5 heteroatoms. The molecule has 0 bridgehead atoms. The van der Waals surface area contributed by atoms with Crippen molar-refractivity contribution in [3.05, 3.63) is 83.4 Å². The van der Waals surface area contributed by atoms with Gasteiger partial charge in [-0.3, -0.25) is 9.69 Å². The van der Waals surface area contributed by atoms with E-state index in [9.17, 15) is 4.79 Å². The number of carbonyl (C=O) groups is 1. The molecule has 0 spiro atoms. The van der Waals surface area contributed by atoms with Gasteiger partial charge in [-0.1, -0.05) is 53.8 Å². The maximum absolute atomic E-state index is 13.5. The van der Waals surface area contributed by atoms with Gasteiger partial charge in [-0.2, -0.15) is 0 Å². The Bertz CT molecular complexity index is 1130. The summed E-state index contributed by atoms with van der Waals surface area (Å²) in [7, 11) is 1.63. The van der Waals surface area contributed by atoms with Crippen LogP contribution in [0, 0.1) is 13.8 Å². The van der Waals surface area contributed by atoms with E-state index in [1.807, 2.05) is 80.6 Å². The van der Waals surface area contributed by atoms with E-state index in [1.54, 1.807) is 12.0 Å². The monoisotopic (exact) mass is 402 g/mol.